The van der Waals surface area contributed by atoms with Gasteiger partial charge in [0.15, 0.2) is 13.0 Å². The Kier molecular flexibility index (Phi) is 5.92. The number of rotatable bonds is 7. The molecule has 1 saturated carbocycles. The maximum atomic E-state index is 14.8. The first-order valence-corrected chi connectivity index (χ1v) is 9.85. The van der Waals surface area contributed by atoms with Gasteiger partial charge in [0.25, 0.3) is 0 Å². The SMILES string of the molecule is COCOc1cc(Cl)ccc1-c1ccc(O[C@H]2C3CC([C@@H]2F)N(B(C)O)C3)nn1. The molecule has 154 valence electrons. The van der Waals surface area contributed by atoms with Gasteiger partial charge in [0.2, 0.25) is 5.88 Å². The lowest BCUT2D eigenvalue weighted by Gasteiger charge is -2.34. The third-order valence-electron chi connectivity index (χ3n) is 5.49. The Bertz CT molecular complexity index is 858. The van der Waals surface area contributed by atoms with Crippen LogP contribution in [0.1, 0.15) is 6.42 Å². The van der Waals surface area contributed by atoms with E-state index in [0.29, 0.717) is 35.0 Å². The number of nitrogens with zero attached hydrogens (tertiary/aromatic N) is 3. The van der Waals surface area contributed by atoms with Crippen LogP contribution in [0.3, 0.4) is 0 Å². The molecule has 4 rings (SSSR count). The lowest BCUT2D eigenvalue weighted by atomic mass is 9.82. The monoisotopic (exact) mass is 421 g/mol. The summed E-state index contributed by atoms with van der Waals surface area (Å²) >= 11 is 6.05. The van der Waals surface area contributed by atoms with Crippen LogP contribution in [0.5, 0.6) is 11.6 Å². The van der Waals surface area contributed by atoms with Crippen LogP contribution < -0.4 is 9.47 Å². The van der Waals surface area contributed by atoms with Crippen molar-refractivity contribution in [3.05, 3.63) is 35.4 Å². The van der Waals surface area contributed by atoms with Crippen molar-refractivity contribution in [1.29, 1.82) is 0 Å². The molecule has 1 saturated heterocycles. The number of aromatic nitrogens is 2. The third-order valence-corrected chi connectivity index (χ3v) is 5.73. The summed E-state index contributed by atoms with van der Waals surface area (Å²) in [7, 11) is 0.877. The van der Waals surface area contributed by atoms with Gasteiger partial charge in [-0.2, -0.15) is 0 Å². The van der Waals surface area contributed by atoms with Crippen molar-refractivity contribution in [2.75, 3.05) is 20.4 Å². The van der Waals surface area contributed by atoms with Gasteiger partial charge >= 0.3 is 7.05 Å². The topological polar surface area (TPSA) is 76.9 Å². The standard InChI is InChI=1S/C19H22BClFN3O4/c1-20(26)25-9-11-7-15(25)18(22)19(11)29-17-6-5-14(23-24-17)13-4-3-12(21)8-16(13)28-10-27-2/h3-6,8,11,15,18-19,26H,7,9-10H2,1-2H3/t11?,15?,18-,19-/m0/s1. The Hall–Kier alpha value is -1.94. The van der Waals surface area contributed by atoms with Crippen molar-refractivity contribution in [3.63, 3.8) is 0 Å². The van der Waals surface area contributed by atoms with Gasteiger partial charge in [0.05, 0.1) is 5.69 Å². The van der Waals surface area contributed by atoms with Crippen molar-refractivity contribution in [2.45, 2.75) is 31.6 Å². The minimum atomic E-state index is -1.17. The normalized spacial score (nSPS) is 26.0. The summed E-state index contributed by atoms with van der Waals surface area (Å²) in [4.78, 5) is 1.78. The Morgan fingerprint density at radius 2 is 2.14 bits per heavy atom. The summed E-state index contributed by atoms with van der Waals surface area (Å²) in [6.07, 6.45) is -1.07. The van der Waals surface area contributed by atoms with Gasteiger partial charge in [0, 0.05) is 35.7 Å². The van der Waals surface area contributed by atoms with Crippen LogP contribution in [0.15, 0.2) is 30.3 Å². The number of methoxy groups -OCH3 is 1. The quantitative estimate of drug-likeness (QED) is 0.544. The second-order valence-corrected chi connectivity index (χ2v) is 7.80. The van der Waals surface area contributed by atoms with E-state index in [2.05, 4.69) is 10.2 Å². The van der Waals surface area contributed by atoms with Crippen molar-refractivity contribution < 1.29 is 23.6 Å². The molecule has 2 unspecified atom stereocenters. The number of ether oxygens (including phenoxy) is 3. The molecule has 1 aromatic heterocycles. The first-order valence-electron chi connectivity index (χ1n) is 9.48. The number of hydrogen-bond acceptors (Lipinski definition) is 7. The summed E-state index contributed by atoms with van der Waals surface area (Å²) < 4.78 is 31.1. The van der Waals surface area contributed by atoms with Gasteiger partial charge in [-0.25, -0.2) is 4.39 Å². The highest BCUT2D eigenvalue weighted by molar-refractivity contribution is 6.45. The van der Waals surface area contributed by atoms with Crippen LogP contribution in [0, 0.1) is 5.92 Å². The van der Waals surface area contributed by atoms with Crippen LogP contribution in [0.25, 0.3) is 11.3 Å². The fraction of sp³-hybridized carbons (Fsp3) is 0.474. The van der Waals surface area contributed by atoms with E-state index < -0.39 is 19.3 Å². The summed E-state index contributed by atoms with van der Waals surface area (Å²) in [6, 6.07) is 8.30. The molecule has 4 atom stereocenters. The van der Waals surface area contributed by atoms with Crippen LogP contribution in [-0.4, -0.2) is 65.8 Å². The maximum absolute atomic E-state index is 14.8. The molecular formula is C19H22BClFN3O4. The number of alkyl halides is 1. The first-order chi connectivity index (χ1) is 14.0. The Morgan fingerprint density at radius 3 is 2.79 bits per heavy atom. The van der Waals surface area contributed by atoms with Gasteiger partial charge in [-0.05, 0) is 44.1 Å². The molecule has 2 heterocycles. The Balaban J connectivity index is 1.47. The lowest BCUT2D eigenvalue weighted by Crippen LogP contribution is -2.53. The van der Waals surface area contributed by atoms with Crippen molar-refractivity contribution in [2.24, 2.45) is 5.92 Å². The second kappa shape index (κ2) is 8.43. The average Bonchev–Trinajstić information content (AvgIpc) is 3.27. The fourth-order valence-electron chi connectivity index (χ4n) is 4.16. The van der Waals surface area contributed by atoms with Crippen LogP contribution in [0.2, 0.25) is 11.8 Å². The predicted octanol–water partition coefficient (Wildman–Crippen LogP) is 2.68. The molecule has 1 aliphatic carbocycles. The molecule has 0 spiro atoms. The molecule has 7 nitrogen and oxygen atoms in total. The number of hydrogen-bond donors (Lipinski definition) is 1. The summed E-state index contributed by atoms with van der Waals surface area (Å²) in [5.41, 5.74) is 1.28. The number of halogens is 2. The first kappa shape index (κ1) is 20.3. The molecule has 2 aliphatic rings. The summed E-state index contributed by atoms with van der Waals surface area (Å²) in [6.45, 7) is 2.35. The summed E-state index contributed by atoms with van der Waals surface area (Å²) in [5, 5.41) is 18.6. The molecule has 29 heavy (non-hydrogen) atoms. The smallest absolute Gasteiger partial charge is 0.376 e. The Morgan fingerprint density at radius 1 is 1.31 bits per heavy atom. The van der Waals surface area contributed by atoms with E-state index in [4.69, 9.17) is 25.8 Å². The minimum Gasteiger partial charge on any atom is -0.470 e. The summed E-state index contributed by atoms with van der Waals surface area (Å²) in [5.74, 6) is 0.819. The van der Waals surface area contributed by atoms with Crippen molar-refractivity contribution in [1.82, 2.24) is 15.0 Å². The zero-order valence-corrected chi connectivity index (χ0v) is 16.9. The molecule has 1 aromatic carbocycles. The van der Waals surface area contributed by atoms with Crippen LogP contribution in [-0.2, 0) is 4.74 Å². The van der Waals surface area contributed by atoms with Gasteiger partial charge in [-0.3, -0.25) is 0 Å². The highest BCUT2D eigenvalue weighted by atomic mass is 35.5. The van der Waals surface area contributed by atoms with Crippen molar-refractivity contribution in [3.8, 4) is 22.9 Å². The highest BCUT2D eigenvalue weighted by Gasteiger charge is 2.55. The van der Waals surface area contributed by atoms with E-state index in [1.54, 1.807) is 42.0 Å². The molecule has 1 N–H and O–H groups in total. The fourth-order valence-corrected chi connectivity index (χ4v) is 4.32. The van der Waals surface area contributed by atoms with Crippen molar-refractivity contribution >= 4 is 18.7 Å². The maximum Gasteiger partial charge on any atom is 0.376 e. The highest BCUT2D eigenvalue weighted by Crippen LogP contribution is 2.42. The second-order valence-electron chi connectivity index (χ2n) is 7.37. The van der Waals surface area contributed by atoms with E-state index in [1.165, 1.54) is 7.11 Å². The van der Waals surface area contributed by atoms with E-state index in [1.807, 2.05) is 0 Å². The van der Waals surface area contributed by atoms with Crippen LogP contribution >= 0.6 is 11.6 Å². The predicted molar refractivity (Wildman–Crippen MR) is 107 cm³/mol. The molecule has 1 aliphatic heterocycles. The largest absolute Gasteiger partial charge is 0.470 e. The zero-order valence-electron chi connectivity index (χ0n) is 16.2. The molecule has 2 aromatic rings. The van der Waals surface area contributed by atoms with E-state index in [9.17, 15) is 9.41 Å². The van der Waals surface area contributed by atoms with E-state index in [-0.39, 0.29) is 24.6 Å². The van der Waals surface area contributed by atoms with Gasteiger partial charge in [0.1, 0.15) is 11.9 Å². The van der Waals surface area contributed by atoms with E-state index >= 15 is 0 Å². The molecular weight excluding hydrogens is 399 g/mol. The number of benzene rings is 1. The van der Waals surface area contributed by atoms with Gasteiger partial charge < -0.3 is 24.0 Å². The van der Waals surface area contributed by atoms with Gasteiger partial charge in [-0.1, -0.05) is 11.6 Å². The van der Waals surface area contributed by atoms with Gasteiger partial charge in [-0.15, -0.1) is 10.2 Å². The Labute approximate surface area is 173 Å². The molecule has 2 bridgehead atoms. The van der Waals surface area contributed by atoms with Crippen LogP contribution in [0.4, 0.5) is 4.39 Å². The zero-order chi connectivity index (χ0) is 20.5. The molecule has 2 fully saturated rings. The molecule has 0 radical (unpaired) electrons. The number of piperidine rings is 1. The lowest BCUT2D eigenvalue weighted by molar-refractivity contribution is 0.0334. The van der Waals surface area contributed by atoms with E-state index in [0.717, 1.165) is 0 Å². The minimum absolute atomic E-state index is 0.0244. The third kappa shape index (κ3) is 4.05. The number of fused-ring (bicyclic) bond motifs is 2. The average molecular weight is 422 g/mol. The molecule has 0 amide bonds. The molecule has 10 heteroatoms.